The van der Waals surface area contributed by atoms with Crippen molar-refractivity contribution < 1.29 is 13.2 Å². The molecule has 0 fully saturated rings. The van der Waals surface area contributed by atoms with Crippen molar-refractivity contribution >= 4 is 27.3 Å². The fourth-order valence-electron chi connectivity index (χ4n) is 2.51. The molecule has 0 aliphatic carbocycles. The zero-order valence-electron chi connectivity index (χ0n) is 13.6. The highest BCUT2D eigenvalue weighted by Crippen LogP contribution is 2.30. The third-order valence-electron chi connectivity index (χ3n) is 3.67. The van der Waals surface area contributed by atoms with Crippen molar-refractivity contribution in [2.45, 2.75) is 25.7 Å². The third kappa shape index (κ3) is 3.46. The zero-order valence-corrected chi connectivity index (χ0v) is 15.2. The Morgan fingerprint density at radius 3 is 2.30 bits per heavy atom. The number of rotatable bonds is 5. The average molecular weight is 354 g/mol. The summed E-state index contributed by atoms with van der Waals surface area (Å²) in [6.45, 7) is 5.80. The lowest BCUT2D eigenvalue weighted by atomic mass is 10.2. The lowest BCUT2D eigenvalue weighted by Gasteiger charge is -2.25. The summed E-state index contributed by atoms with van der Waals surface area (Å²) in [6.07, 6.45) is 0. The van der Waals surface area contributed by atoms with Crippen LogP contribution in [0.3, 0.4) is 0 Å². The predicted molar refractivity (Wildman–Crippen MR) is 94.1 cm³/mol. The van der Waals surface area contributed by atoms with Gasteiger partial charge in [-0.1, -0.05) is 11.6 Å². The van der Waals surface area contributed by atoms with Crippen LogP contribution in [0.25, 0.3) is 0 Å². The third-order valence-corrected chi connectivity index (χ3v) is 5.79. The summed E-state index contributed by atoms with van der Waals surface area (Å²) in [6, 6.07) is 10.0. The molecule has 2 aromatic rings. The molecule has 0 aliphatic heterocycles. The molecule has 0 unspecified atom stereocenters. The molecule has 0 N–H and O–H groups in total. The van der Waals surface area contributed by atoms with Gasteiger partial charge in [0.05, 0.1) is 17.7 Å². The summed E-state index contributed by atoms with van der Waals surface area (Å²) >= 11 is 5.97. The number of sulfonamides is 1. The first-order chi connectivity index (χ1) is 10.8. The first-order valence-corrected chi connectivity index (χ1v) is 9.06. The molecule has 0 atom stereocenters. The van der Waals surface area contributed by atoms with Crippen LogP contribution in [0.15, 0.2) is 41.3 Å². The molecule has 2 rings (SSSR count). The monoisotopic (exact) mass is 353 g/mol. The lowest BCUT2D eigenvalue weighted by Crippen LogP contribution is -2.31. The lowest BCUT2D eigenvalue weighted by molar-refractivity contribution is 0.411. The van der Waals surface area contributed by atoms with E-state index in [1.165, 1.54) is 4.31 Å². The molecule has 0 aromatic heterocycles. The van der Waals surface area contributed by atoms with Gasteiger partial charge in [-0.05, 0) is 68.3 Å². The SMILES string of the molecule is CCN(c1ccc(Cl)cc1C)S(=O)(=O)c1ccc(OC)c(C)c1. The minimum absolute atomic E-state index is 0.243. The Morgan fingerprint density at radius 1 is 1.09 bits per heavy atom. The van der Waals surface area contributed by atoms with Crippen molar-refractivity contribution in [3.05, 3.63) is 52.5 Å². The van der Waals surface area contributed by atoms with Crippen LogP contribution in [0.1, 0.15) is 18.1 Å². The van der Waals surface area contributed by atoms with Crippen LogP contribution >= 0.6 is 11.6 Å². The van der Waals surface area contributed by atoms with Crippen molar-refractivity contribution in [3.63, 3.8) is 0 Å². The Hall–Kier alpha value is -1.72. The molecule has 0 heterocycles. The standard InChI is InChI=1S/C17H20ClNO3S/c1-5-19(16-8-6-14(18)10-12(16)2)23(20,21)15-7-9-17(22-4)13(3)11-15/h6-11H,5H2,1-4H3. The molecule has 0 bridgehead atoms. The van der Waals surface area contributed by atoms with Crippen LogP contribution in [0.5, 0.6) is 5.75 Å². The maximum Gasteiger partial charge on any atom is 0.264 e. The summed E-state index contributed by atoms with van der Waals surface area (Å²) in [5.41, 5.74) is 2.22. The zero-order chi connectivity index (χ0) is 17.2. The maximum absolute atomic E-state index is 13.0. The van der Waals surface area contributed by atoms with Crippen molar-refractivity contribution in [2.75, 3.05) is 18.0 Å². The number of anilines is 1. The molecule has 2 aromatic carbocycles. The van der Waals surface area contributed by atoms with Gasteiger partial charge in [0.25, 0.3) is 10.0 Å². The van der Waals surface area contributed by atoms with Gasteiger partial charge in [0.2, 0.25) is 0 Å². The molecule has 0 saturated heterocycles. The van der Waals surface area contributed by atoms with Gasteiger partial charge in [-0.3, -0.25) is 4.31 Å². The van der Waals surface area contributed by atoms with Crippen LogP contribution in [-0.4, -0.2) is 22.1 Å². The van der Waals surface area contributed by atoms with Crippen LogP contribution in [0.4, 0.5) is 5.69 Å². The first kappa shape index (κ1) is 17.6. The summed E-state index contributed by atoms with van der Waals surface area (Å²) in [5.74, 6) is 0.662. The number of hydrogen-bond donors (Lipinski definition) is 0. The van der Waals surface area contributed by atoms with E-state index in [-0.39, 0.29) is 4.90 Å². The van der Waals surface area contributed by atoms with Crippen LogP contribution < -0.4 is 9.04 Å². The molecule has 4 nitrogen and oxygen atoms in total. The number of ether oxygens (including phenoxy) is 1. The quantitative estimate of drug-likeness (QED) is 0.810. The van der Waals surface area contributed by atoms with E-state index in [0.717, 1.165) is 11.1 Å². The predicted octanol–water partition coefficient (Wildman–Crippen LogP) is 4.18. The summed E-state index contributed by atoms with van der Waals surface area (Å²) in [4.78, 5) is 0.243. The fraction of sp³-hybridized carbons (Fsp3) is 0.294. The summed E-state index contributed by atoms with van der Waals surface area (Å²) in [7, 11) is -2.09. The fourth-order valence-corrected chi connectivity index (χ4v) is 4.36. The topological polar surface area (TPSA) is 46.6 Å². The highest BCUT2D eigenvalue weighted by Gasteiger charge is 2.25. The van der Waals surface area contributed by atoms with Crippen molar-refractivity contribution in [1.82, 2.24) is 0 Å². The molecule has 0 spiro atoms. The van der Waals surface area contributed by atoms with Crippen LogP contribution in [-0.2, 0) is 10.0 Å². The number of nitrogens with zero attached hydrogens (tertiary/aromatic N) is 1. The van der Waals surface area contributed by atoms with E-state index in [2.05, 4.69) is 0 Å². The molecule has 0 aliphatic rings. The Labute approximate surface area is 142 Å². The van der Waals surface area contributed by atoms with Crippen molar-refractivity contribution in [1.29, 1.82) is 0 Å². The molecule has 0 saturated carbocycles. The second-order valence-electron chi connectivity index (χ2n) is 5.23. The van der Waals surface area contributed by atoms with Crippen LogP contribution in [0, 0.1) is 13.8 Å². The minimum atomic E-state index is -3.65. The Bertz CT molecular complexity index is 819. The maximum atomic E-state index is 13.0. The van der Waals surface area contributed by atoms with E-state index in [1.54, 1.807) is 43.5 Å². The second-order valence-corrected chi connectivity index (χ2v) is 7.53. The van der Waals surface area contributed by atoms with E-state index in [4.69, 9.17) is 16.3 Å². The van der Waals surface area contributed by atoms with Crippen molar-refractivity contribution in [2.24, 2.45) is 0 Å². The van der Waals surface area contributed by atoms with E-state index >= 15 is 0 Å². The first-order valence-electron chi connectivity index (χ1n) is 7.24. The van der Waals surface area contributed by atoms with E-state index in [1.807, 2.05) is 20.8 Å². The van der Waals surface area contributed by atoms with Gasteiger partial charge < -0.3 is 4.74 Å². The molecule has 0 amide bonds. The molecule has 23 heavy (non-hydrogen) atoms. The highest BCUT2D eigenvalue weighted by atomic mass is 35.5. The smallest absolute Gasteiger partial charge is 0.264 e. The number of halogens is 1. The number of aryl methyl sites for hydroxylation is 2. The molecular formula is C17H20ClNO3S. The highest BCUT2D eigenvalue weighted by molar-refractivity contribution is 7.92. The van der Waals surface area contributed by atoms with Crippen LogP contribution in [0.2, 0.25) is 5.02 Å². The molecule has 6 heteroatoms. The largest absolute Gasteiger partial charge is 0.496 e. The van der Waals surface area contributed by atoms with Crippen molar-refractivity contribution in [3.8, 4) is 5.75 Å². The van der Waals surface area contributed by atoms with Gasteiger partial charge in [0, 0.05) is 11.6 Å². The summed E-state index contributed by atoms with van der Waals surface area (Å²) in [5, 5.41) is 0.583. The van der Waals surface area contributed by atoms with Gasteiger partial charge in [-0.25, -0.2) is 8.42 Å². The Morgan fingerprint density at radius 2 is 1.78 bits per heavy atom. The summed E-state index contributed by atoms with van der Waals surface area (Å²) < 4.78 is 32.6. The van der Waals surface area contributed by atoms with E-state index in [9.17, 15) is 8.42 Å². The van der Waals surface area contributed by atoms with Gasteiger partial charge in [0.1, 0.15) is 5.75 Å². The number of methoxy groups -OCH3 is 1. The number of hydrogen-bond acceptors (Lipinski definition) is 3. The molecule has 0 radical (unpaired) electrons. The average Bonchev–Trinajstić information content (AvgIpc) is 2.49. The van der Waals surface area contributed by atoms with Gasteiger partial charge >= 0.3 is 0 Å². The minimum Gasteiger partial charge on any atom is -0.496 e. The van der Waals surface area contributed by atoms with Gasteiger partial charge in [0.15, 0.2) is 0 Å². The molecule has 124 valence electrons. The van der Waals surface area contributed by atoms with E-state index in [0.29, 0.717) is 23.0 Å². The van der Waals surface area contributed by atoms with Gasteiger partial charge in [-0.15, -0.1) is 0 Å². The Kier molecular flexibility index (Phi) is 5.22. The second kappa shape index (κ2) is 6.81. The normalized spacial score (nSPS) is 11.3. The number of benzene rings is 2. The van der Waals surface area contributed by atoms with E-state index < -0.39 is 10.0 Å². The molecular weight excluding hydrogens is 334 g/mol. The van der Waals surface area contributed by atoms with Gasteiger partial charge in [-0.2, -0.15) is 0 Å². The Balaban J connectivity index is 2.53.